The predicted molar refractivity (Wildman–Crippen MR) is 68.0 cm³/mol. The fourth-order valence-corrected chi connectivity index (χ4v) is 1.56. The van der Waals surface area contributed by atoms with Crippen molar-refractivity contribution < 1.29 is 19.4 Å². The molecule has 1 amide bonds. The average molecular weight is 251 g/mol. The Balaban J connectivity index is 3.06. The summed E-state index contributed by atoms with van der Waals surface area (Å²) < 4.78 is 4.90. The minimum Gasteiger partial charge on any atom is -0.478 e. The number of carbonyl (C=O) groups is 2. The van der Waals surface area contributed by atoms with Crippen LogP contribution in [0.4, 0.5) is 5.69 Å². The third-order valence-corrected chi connectivity index (χ3v) is 2.78. The number of aryl methyl sites for hydroxylation is 2. The number of anilines is 1. The summed E-state index contributed by atoms with van der Waals surface area (Å²) in [5.74, 6) is -1.32. The largest absolute Gasteiger partial charge is 0.478 e. The SMILES string of the molecule is COC(C)C(=O)Nc1cc(C(=O)O)c(C)cc1C. The molecular formula is C13H17NO4. The van der Waals surface area contributed by atoms with Gasteiger partial charge in [-0.2, -0.15) is 0 Å². The van der Waals surface area contributed by atoms with Crippen LogP contribution in [0.2, 0.25) is 0 Å². The minimum absolute atomic E-state index is 0.181. The van der Waals surface area contributed by atoms with Crippen molar-refractivity contribution in [1.82, 2.24) is 0 Å². The van der Waals surface area contributed by atoms with Gasteiger partial charge in [-0.05, 0) is 38.0 Å². The molecule has 0 heterocycles. The first kappa shape index (κ1) is 14.2. The van der Waals surface area contributed by atoms with E-state index >= 15 is 0 Å². The Labute approximate surface area is 106 Å². The van der Waals surface area contributed by atoms with Gasteiger partial charge < -0.3 is 15.2 Å². The fraction of sp³-hybridized carbons (Fsp3) is 0.385. The van der Waals surface area contributed by atoms with Crippen molar-refractivity contribution in [1.29, 1.82) is 0 Å². The van der Waals surface area contributed by atoms with Crippen molar-refractivity contribution in [3.05, 3.63) is 28.8 Å². The second kappa shape index (κ2) is 5.64. The number of amides is 1. The molecule has 5 heteroatoms. The van der Waals surface area contributed by atoms with Gasteiger partial charge in [-0.15, -0.1) is 0 Å². The van der Waals surface area contributed by atoms with Crippen molar-refractivity contribution in [2.24, 2.45) is 0 Å². The van der Waals surface area contributed by atoms with E-state index < -0.39 is 12.1 Å². The molecule has 5 nitrogen and oxygen atoms in total. The zero-order valence-electron chi connectivity index (χ0n) is 10.9. The summed E-state index contributed by atoms with van der Waals surface area (Å²) in [4.78, 5) is 22.7. The van der Waals surface area contributed by atoms with Crippen LogP contribution in [0.5, 0.6) is 0 Å². The average Bonchev–Trinajstić information content (AvgIpc) is 2.30. The van der Waals surface area contributed by atoms with E-state index in [1.807, 2.05) is 6.92 Å². The number of aromatic carboxylic acids is 1. The van der Waals surface area contributed by atoms with Crippen molar-refractivity contribution in [2.75, 3.05) is 12.4 Å². The number of hydrogen-bond donors (Lipinski definition) is 2. The summed E-state index contributed by atoms with van der Waals surface area (Å²) in [5, 5.41) is 11.7. The summed E-state index contributed by atoms with van der Waals surface area (Å²) in [6.07, 6.45) is -0.584. The Kier molecular flexibility index (Phi) is 4.44. The maximum Gasteiger partial charge on any atom is 0.336 e. The monoisotopic (exact) mass is 251 g/mol. The predicted octanol–water partition coefficient (Wildman–Crippen LogP) is 1.98. The van der Waals surface area contributed by atoms with E-state index in [-0.39, 0.29) is 11.5 Å². The lowest BCUT2D eigenvalue weighted by Crippen LogP contribution is -2.27. The molecule has 1 atom stereocenters. The summed E-state index contributed by atoms with van der Waals surface area (Å²) in [6, 6.07) is 3.20. The third kappa shape index (κ3) is 3.07. The molecular weight excluding hydrogens is 234 g/mol. The first-order valence-corrected chi connectivity index (χ1v) is 5.55. The molecule has 0 aromatic heterocycles. The molecule has 98 valence electrons. The molecule has 1 aromatic rings. The lowest BCUT2D eigenvalue weighted by molar-refractivity contribution is -0.124. The molecule has 0 aliphatic heterocycles. The number of carboxylic acids is 1. The number of methoxy groups -OCH3 is 1. The molecule has 1 rings (SSSR count). The van der Waals surface area contributed by atoms with Gasteiger partial charge in [0.05, 0.1) is 5.56 Å². The molecule has 1 unspecified atom stereocenters. The van der Waals surface area contributed by atoms with Crippen LogP contribution in [0.15, 0.2) is 12.1 Å². The van der Waals surface area contributed by atoms with Gasteiger partial charge in [-0.1, -0.05) is 6.07 Å². The summed E-state index contributed by atoms with van der Waals surface area (Å²) in [6.45, 7) is 5.16. The molecule has 0 radical (unpaired) electrons. The van der Waals surface area contributed by atoms with E-state index in [2.05, 4.69) is 5.32 Å². The molecule has 0 aliphatic carbocycles. The summed E-state index contributed by atoms with van der Waals surface area (Å²) in [7, 11) is 1.44. The third-order valence-electron chi connectivity index (χ3n) is 2.78. The molecule has 2 N–H and O–H groups in total. The highest BCUT2D eigenvalue weighted by atomic mass is 16.5. The first-order valence-electron chi connectivity index (χ1n) is 5.55. The number of carboxylic acid groups (broad SMARTS) is 1. The number of benzene rings is 1. The molecule has 0 aliphatic rings. The number of hydrogen-bond acceptors (Lipinski definition) is 3. The number of nitrogens with one attached hydrogen (secondary N) is 1. The van der Waals surface area contributed by atoms with Crippen LogP contribution < -0.4 is 5.32 Å². The normalized spacial score (nSPS) is 12.0. The lowest BCUT2D eigenvalue weighted by atomic mass is 10.0. The standard InChI is InChI=1S/C13H17NO4/c1-7-5-8(2)11(6-10(7)13(16)17)14-12(15)9(3)18-4/h5-6,9H,1-4H3,(H,14,15)(H,16,17). The number of carbonyl (C=O) groups excluding carboxylic acids is 1. The zero-order chi connectivity index (χ0) is 13.9. The fourth-order valence-electron chi connectivity index (χ4n) is 1.56. The molecule has 0 bridgehead atoms. The van der Waals surface area contributed by atoms with Crippen LogP contribution in [-0.4, -0.2) is 30.2 Å². The van der Waals surface area contributed by atoms with Gasteiger partial charge in [0.2, 0.25) is 0 Å². The van der Waals surface area contributed by atoms with Gasteiger partial charge in [0.25, 0.3) is 5.91 Å². The number of rotatable bonds is 4. The first-order chi connectivity index (χ1) is 8.36. The topological polar surface area (TPSA) is 75.6 Å². The van der Waals surface area contributed by atoms with Gasteiger partial charge in [-0.25, -0.2) is 4.79 Å². The number of ether oxygens (including phenoxy) is 1. The van der Waals surface area contributed by atoms with Crippen molar-refractivity contribution in [3.63, 3.8) is 0 Å². The van der Waals surface area contributed by atoms with Crippen molar-refractivity contribution >= 4 is 17.6 Å². The van der Waals surface area contributed by atoms with Crippen LogP contribution in [0.1, 0.15) is 28.4 Å². The maximum atomic E-state index is 11.7. The second-order valence-electron chi connectivity index (χ2n) is 4.15. The van der Waals surface area contributed by atoms with Crippen LogP contribution in [0.3, 0.4) is 0 Å². The van der Waals surface area contributed by atoms with E-state index in [0.29, 0.717) is 11.3 Å². The Morgan fingerprint density at radius 3 is 2.39 bits per heavy atom. The summed E-state index contributed by atoms with van der Waals surface area (Å²) in [5.41, 5.74) is 2.15. The van der Waals surface area contributed by atoms with E-state index in [1.165, 1.54) is 13.2 Å². The maximum absolute atomic E-state index is 11.7. The Morgan fingerprint density at radius 2 is 1.89 bits per heavy atom. The van der Waals surface area contributed by atoms with Gasteiger partial charge in [0, 0.05) is 12.8 Å². The zero-order valence-corrected chi connectivity index (χ0v) is 10.9. The molecule has 0 spiro atoms. The van der Waals surface area contributed by atoms with E-state index in [4.69, 9.17) is 9.84 Å². The van der Waals surface area contributed by atoms with Crippen LogP contribution in [-0.2, 0) is 9.53 Å². The molecule has 0 saturated carbocycles. The van der Waals surface area contributed by atoms with Crippen LogP contribution >= 0.6 is 0 Å². The molecule has 0 fully saturated rings. The van der Waals surface area contributed by atoms with E-state index in [1.54, 1.807) is 19.9 Å². The van der Waals surface area contributed by atoms with Crippen LogP contribution in [0, 0.1) is 13.8 Å². The van der Waals surface area contributed by atoms with Gasteiger partial charge >= 0.3 is 5.97 Å². The Morgan fingerprint density at radius 1 is 1.28 bits per heavy atom. The highest BCUT2D eigenvalue weighted by Crippen LogP contribution is 2.21. The van der Waals surface area contributed by atoms with Crippen LogP contribution in [0.25, 0.3) is 0 Å². The smallest absolute Gasteiger partial charge is 0.336 e. The Bertz CT molecular complexity index is 482. The van der Waals surface area contributed by atoms with E-state index in [0.717, 1.165) is 5.56 Å². The van der Waals surface area contributed by atoms with E-state index in [9.17, 15) is 9.59 Å². The quantitative estimate of drug-likeness (QED) is 0.857. The highest BCUT2D eigenvalue weighted by Gasteiger charge is 2.15. The van der Waals surface area contributed by atoms with Gasteiger partial charge in [-0.3, -0.25) is 4.79 Å². The van der Waals surface area contributed by atoms with Crippen molar-refractivity contribution in [2.45, 2.75) is 26.9 Å². The van der Waals surface area contributed by atoms with Gasteiger partial charge in [0.1, 0.15) is 6.10 Å². The van der Waals surface area contributed by atoms with Gasteiger partial charge in [0.15, 0.2) is 0 Å². The molecule has 1 aromatic carbocycles. The highest BCUT2D eigenvalue weighted by molar-refractivity contribution is 5.97. The minimum atomic E-state index is -1.01. The van der Waals surface area contributed by atoms with Crippen molar-refractivity contribution in [3.8, 4) is 0 Å². The second-order valence-corrected chi connectivity index (χ2v) is 4.15. The molecule has 18 heavy (non-hydrogen) atoms. The molecule has 0 saturated heterocycles. The Hall–Kier alpha value is -1.88. The summed E-state index contributed by atoms with van der Waals surface area (Å²) >= 11 is 0. The lowest BCUT2D eigenvalue weighted by Gasteiger charge is -2.14.